The predicted molar refractivity (Wildman–Crippen MR) is 85.1 cm³/mol. The van der Waals surface area contributed by atoms with Crippen LogP contribution in [0, 0.1) is 0 Å². The number of esters is 1. The van der Waals surface area contributed by atoms with Crippen molar-refractivity contribution in [1.29, 1.82) is 0 Å². The Labute approximate surface area is 128 Å². The summed E-state index contributed by atoms with van der Waals surface area (Å²) < 4.78 is 6.43. The first-order valence-electron chi connectivity index (χ1n) is 6.96. The number of fused-ring (bicyclic) bond motifs is 1. The number of pyridine rings is 1. The summed E-state index contributed by atoms with van der Waals surface area (Å²) in [6.07, 6.45) is 1.70. The molecule has 7 nitrogen and oxygen atoms in total. The van der Waals surface area contributed by atoms with Gasteiger partial charge in [-0.25, -0.2) is 9.78 Å². The first-order valence-corrected chi connectivity index (χ1v) is 6.96. The third-order valence-electron chi connectivity index (χ3n) is 3.16. The van der Waals surface area contributed by atoms with Crippen LogP contribution in [0.3, 0.4) is 0 Å². The summed E-state index contributed by atoms with van der Waals surface area (Å²) >= 11 is 0. The Kier molecular flexibility index (Phi) is 4.35. The van der Waals surface area contributed by atoms with Crippen LogP contribution in [0.4, 0.5) is 11.4 Å². The summed E-state index contributed by atoms with van der Waals surface area (Å²) in [7, 11) is 3.01. The molecule has 118 valence electrons. The number of aromatic nitrogens is 2. The lowest BCUT2D eigenvalue weighted by Crippen LogP contribution is -2.13. The van der Waals surface area contributed by atoms with Gasteiger partial charge in [-0.3, -0.25) is 4.79 Å². The van der Waals surface area contributed by atoms with Gasteiger partial charge in [-0.1, -0.05) is 0 Å². The minimum absolute atomic E-state index is 0.243. The van der Waals surface area contributed by atoms with E-state index < -0.39 is 5.97 Å². The molecule has 0 saturated heterocycles. The van der Waals surface area contributed by atoms with Crippen LogP contribution in [0.15, 0.2) is 12.3 Å². The number of nitrogens with one attached hydrogen (secondary N) is 2. The highest BCUT2D eigenvalue weighted by Crippen LogP contribution is 2.31. The van der Waals surface area contributed by atoms with E-state index in [1.54, 1.807) is 17.8 Å². The lowest BCUT2D eigenvalue weighted by molar-refractivity contribution is -0.114. The van der Waals surface area contributed by atoms with Gasteiger partial charge in [0.2, 0.25) is 5.91 Å². The van der Waals surface area contributed by atoms with E-state index in [-0.39, 0.29) is 17.6 Å². The number of anilines is 2. The van der Waals surface area contributed by atoms with E-state index >= 15 is 0 Å². The molecule has 0 atom stereocenters. The van der Waals surface area contributed by atoms with E-state index in [0.717, 1.165) is 5.69 Å². The Morgan fingerprint density at radius 3 is 2.59 bits per heavy atom. The Bertz CT molecular complexity index is 734. The summed E-state index contributed by atoms with van der Waals surface area (Å²) in [5, 5.41) is 6.64. The topological polar surface area (TPSA) is 85.2 Å². The fourth-order valence-electron chi connectivity index (χ4n) is 2.36. The number of carbonyl (C=O) groups is 2. The molecule has 2 heterocycles. The molecule has 0 aliphatic carbocycles. The highest BCUT2D eigenvalue weighted by molar-refractivity contribution is 6.10. The number of aryl methyl sites for hydroxylation is 1. The third kappa shape index (κ3) is 2.88. The molecule has 0 saturated carbocycles. The summed E-state index contributed by atoms with van der Waals surface area (Å²) in [4.78, 5) is 27.9. The molecule has 0 unspecified atom stereocenters. The SMILES string of the molecule is COC(=O)c1c(NC(C)=O)c2cc(NC(C)C)cnc2n1C. The zero-order chi connectivity index (χ0) is 16.4. The number of methoxy groups -OCH3 is 1. The lowest BCUT2D eigenvalue weighted by Gasteiger charge is -2.09. The third-order valence-corrected chi connectivity index (χ3v) is 3.16. The highest BCUT2D eigenvalue weighted by atomic mass is 16.5. The molecule has 7 heteroatoms. The number of hydrogen-bond acceptors (Lipinski definition) is 5. The molecule has 2 N–H and O–H groups in total. The molecular weight excluding hydrogens is 284 g/mol. The van der Waals surface area contributed by atoms with Gasteiger partial charge in [-0.2, -0.15) is 0 Å². The van der Waals surface area contributed by atoms with Crippen molar-refractivity contribution in [2.75, 3.05) is 17.7 Å². The van der Waals surface area contributed by atoms with Gasteiger partial charge in [0.1, 0.15) is 5.65 Å². The summed E-state index contributed by atoms with van der Waals surface area (Å²) in [6.45, 7) is 5.43. The van der Waals surface area contributed by atoms with Crippen LogP contribution >= 0.6 is 0 Å². The van der Waals surface area contributed by atoms with Crippen molar-refractivity contribution < 1.29 is 14.3 Å². The molecule has 0 fully saturated rings. The zero-order valence-electron chi connectivity index (χ0n) is 13.4. The molecular formula is C15H20N4O3. The largest absolute Gasteiger partial charge is 0.464 e. The number of amides is 1. The second kappa shape index (κ2) is 6.05. The van der Waals surface area contributed by atoms with E-state index in [1.165, 1.54) is 14.0 Å². The van der Waals surface area contributed by atoms with Crippen molar-refractivity contribution in [2.45, 2.75) is 26.8 Å². The number of ether oxygens (including phenoxy) is 1. The lowest BCUT2D eigenvalue weighted by atomic mass is 10.2. The van der Waals surface area contributed by atoms with Gasteiger partial charge in [-0.15, -0.1) is 0 Å². The van der Waals surface area contributed by atoms with Gasteiger partial charge in [0.15, 0.2) is 5.69 Å². The minimum Gasteiger partial charge on any atom is -0.464 e. The van der Waals surface area contributed by atoms with Gasteiger partial charge < -0.3 is 19.9 Å². The molecule has 2 aromatic heterocycles. The van der Waals surface area contributed by atoms with Crippen LogP contribution in [-0.4, -0.2) is 34.6 Å². The van der Waals surface area contributed by atoms with Gasteiger partial charge in [-0.05, 0) is 19.9 Å². The van der Waals surface area contributed by atoms with Crippen LogP contribution in [0.1, 0.15) is 31.3 Å². The van der Waals surface area contributed by atoms with E-state index in [0.29, 0.717) is 16.7 Å². The van der Waals surface area contributed by atoms with Gasteiger partial charge >= 0.3 is 5.97 Å². The number of rotatable bonds is 4. The van der Waals surface area contributed by atoms with E-state index in [4.69, 9.17) is 4.74 Å². The number of carbonyl (C=O) groups excluding carboxylic acids is 2. The van der Waals surface area contributed by atoms with E-state index in [1.807, 2.05) is 19.9 Å². The molecule has 2 rings (SSSR count). The molecule has 22 heavy (non-hydrogen) atoms. The van der Waals surface area contributed by atoms with Gasteiger partial charge in [0, 0.05) is 25.4 Å². The maximum Gasteiger partial charge on any atom is 0.356 e. The summed E-state index contributed by atoms with van der Waals surface area (Å²) in [5.74, 6) is -0.789. The Morgan fingerprint density at radius 1 is 1.36 bits per heavy atom. The Morgan fingerprint density at radius 2 is 2.05 bits per heavy atom. The average molecular weight is 304 g/mol. The van der Waals surface area contributed by atoms with Crippen molar-refractivity contribution in [1.82, 2.24) is 9.55 Å². The molecule has 2 aromatic rings. The fourth-order valence-corrected chi connectivity index (χ4v) is 2.36. The van der Waals surface area contributed by atoms with Crippen LogP contribution in [0.25, 0.3) is 11.0 Å². The van der Waals surface area contributed by atoms with Crippen LogP contribution < -0.4 is 10.6 Å². The van der Waals surface area contributed by atoms with Crippen molar-refractivity contribution >= 4 is 34.3 Å². The summed E-state index contributed by atoms with van der Waals surface area (Å²) in [5.41, 5.74) is 2.09. The molecule has 0 spiro atoms. The minimum atomic E-state index is -0.525. The average Bonchev–Trinajstić information content (AvgIpc) is 2.69. The van der Waals surface area contributed by atoms with Crippen molar-refractivity contribution in [3.8, 4) is 0 Å². The van der Waals surface area contributed by atoms with E-state index in [2.05, 4.69) is 15.6 Å². The van der Waals surface area contributed by atoms with Crippen LogP contribution in [0.2, 0.25) is 0 Å². The molecule has 0 aromatic carbocycles. The normalized spacial score (nSPS) is 10.8. The molecule has 0 aliphatic heterocycles. The van der Waals surface area contributed by atoms with Crippen LogP contribution in [-0.2, 0) is 16.6 Å². The molecule has 0 aliphatic rings. The Balaban J connectivity index is 2.69. The number of hydrogen-bond donors (Lipinski definition) is 2. The Hall–Kier alpha value is -2.57. The highest BCUT2D eigenvalue weighted by Gasteiger charge is 2.23. The second-order valence-corrected chi connectivity index (χ2v) is 5.35. The summed E-state index contributed by atoms with van der Waals surface area (Å²) in [6, 6.07) is 2.10. The first kappa shape index (κ1) is 15.8. The standard InChI is InChI=1S/C15H20N4O3/c1-8(2)17-10-6-11-12(18-9(3)20)13(15(21)22-5)19(4)14(11)16-7-10/h6-8,17H,1-5H3,(H,18,20). The quantitative estimate of drug-likeness (QED) is 0.845. The van der Waals surface area contributed by atoms with Crippen molar-refractivity contribution in [3.05, 3.63) is 18.0 Å². The van der Waals surface area contributed by atoms with Crippen molar-refractivity contribution in [3.63, 3.8) is 0 Å². The van der Waals surface area contributed by atoms with Crippen molar-refractivity contribution in [2.24, 2.45) is 7.05 Å². The first-order chi connectivity index (χ1) is 10.3. The van der Waals surface area contributed by atoms with E-state index in [9.17, 15) is 9.59 Å². The predicted octanol–water partition coefficient (Wildman–Crippen LogP) is 2.14. The monoisotopic (exact) mass is 304 g/mol. The number of nitrogens with zero attached hydrogens (tertiary/aromatic N) is 2. The smallest absolute Gasteiger partial charge is 0.356 e. The van der Waals surface area contributed by atoms with Gasteiger partial charge in [0.05, 0.1) is 24.7 Å². The molecule has 0 radical (unpaired) electrons. The maximum absolute atomic E-state index is 12.0. The molecule has 0 bridgehead atoms. The zero-order valence-corrected chi connectivity index (χ0v) is 13.4. The fraction of sp³-hybridized carbons (Fsp3) is 0.400. The van der Waals surface area contributed by atoms with Crippen LogP contribution in [0.5, 0.6) is 0 Å². The van der Waals surface area contributed by atoms with Gasteiger partial charge in [0.25, 0.3) is 0 Å². The molecule has 1 amide bonds. The second-order valence-electron chi connectivity index (χ2n) is 5.35. The maximum atomic E-state index is 12.0.